The molecule has 0 aliphatic carbocycles. The van der Waals surface area contributed by atoms with Crippen molar-refractivity contribution in [3.8, 4) is 5.75 Å². The third-order valence-corrected chi connectivity index (χ3v) is 6.04. The van der Waals surface area contributed by atoms with Gasteiger partial charge in [0.05, 0.1) is 19.2 Å². The molecule has 1 N–H and O–H groups in total. The quantitative estimate of drug-likeness (QED) is 0.819. The molecule has 0 atom stereocenters. The number of rotatable bonds is 6. The van der Waals surface area contributed by atoms with Crippen LogP contribution in [0.5, 0.6) is 5.75 Å². The standard InChI is InChI=1S/C17H24N4O4S/c1-11-14(12(2)21(5)19-11)10-17(22)18-13-7-8-15(25-6)16(9-13)26(23,24)20(3)4/h7-9H,10H2,1-6H3,(H,18,22). The normalized spacial score (nSPS) is 11.7. The predicted octanol–water partition coefficient (Wildman–Crippen LogP) is 1.48. The molecule has 9 heteroatoms. The molecule has 0 unspecified atom stereocenters. The van der Waals surface area contributed by atoms with Crippen molar-refractivity contribution in [1.82, 2.24) is 14.1 Å². The van der Waals surface area contributed by atoms with E-state index in [1.807, 2.05) is 20.9 Å². The van der Waals surface area contributed by atoms with Crippen molar-refractivity contribution in [3.05, 3.63) is 35.2 Å². The molecule has 2 aromatic rings. The van der Waals surface area contributed by atoms with Crippen molar-refractivity contribution in [2.45, 2.75) is 25.2 Å². The zero-order valence-corrected chi connectivity index (χ0v) is 16.6. The molecule has 1 heterocycles. The van der Waals surface area contributed by atoms with Crippen LogP contribution < -0.4 is 10.1 Å². The van der Waals surface area contributed by atoms with E-state index in [-0.39, 0.29) is 23.0 Å². The Labute approximate surface area is 153 Å². The molecule has 0 aliphatic heterocycles. The van der Waals surface area contributed by atoms with E-state index in [0.29, 0.717) is 5.69 Å². The van der Waals surface area contributed by atoms with Gasteiger partial charge in [0.15, 0.2) is 0 Å². The topological polar surface area (TPSA) is 93.5 Å². The van der Waals surface area contributed by atoms with E-state index in [1.165, 1.54) is 33.3 Å². The molecule has 142 valence electrons. The van der Waals surface area contributed by atoms with E-state index in [2.05, 4.69) is 10.4 Å². The van der Waals surface area contributed by atoms with Crippen molar-refractivity contribution < 1.29 is 17.9 Å². The highest BCUT2D eigenvalue weighted by Crippen LogP contribution is 2.29. The van der Waals surface area contributed by atoms with Gasteiger partial charge < -0.3 is 10.1 Å². The number of sulfonamides is 1. The average Bonchev–Trinajstić information content (AvgIpc) is 2.80. The summed E-state index contributed by atoms with van der Waals surface area (Å²) in [5, 5.41) is 7.04. The third-order valence-electron chi connectivity index (χ3n) is 4.20. The van der Waals surface area contributed by atoms with E-state index < -0.39 is 10.0 Å². The summed E-state index contributed by atoms with van der Waals surface area (Å²) < 4.78 is 32.9. The second kappa shape index (κ2) is 7.46. The lowest BCUT2D eigenvalue weighted by Crippen LogP contribution is -2.23. The van der Waals surface area contributed by atoms with Gasteiger partial charge in [-0.1, -0.05) is 0 Å². The second-order valence-electron chi connectivity index (χ2n) is 6.15. The summed E-state index contributed by atoms with van der Waals surface area (Å²) in [6.45, 7) is 3.75. The molecule has 1 aromatic carbocycles. The zero-order valence-electron chi connectivity index (χ0n) is 15.8. The van der Waals surface area contributed by atoms with Crippen LogP contribution >= 0.6 is 0 Å². The number of aryl methyl sites for hydroxylation is 2. The molecule has 0 spiro atoms. The smallest absolute Gasteiger partial charge is 0.246 e. The van der Waals surface area contributed by atoms with Crippen LogP contribution in [0.15, 0.2) is 23.1 Å². The third kappa shape index (κ3) is 3.88. The van der Waals surface area contributed by atoms with Crippen LogP contribution in [0.4, 0.5) is 5.69 Å². The van der Waals surface area contributed by atoms with Gasteiger partial charge in [-0.05, 0) is 32.0 Å². The van der Waals surface area contributed by atoms with Gasteiger partial charge in [-0.3, -0.25) is 9.48 Å². The lowest BCUT2D eigenvalue weighted by atomic mass is 10.1. The molecule has 8 nitrogen and oxygen atoms in total. The summed E-state index contributed by atoms with van der Waals surface area (Å²) in [4.78, 5) is 12.4. The number of aromatic nitrogens is 2. The number of hydrogen-bond acceptors (Lipinski definition) is 5. The summed E-state index contributed by atoms with van der Waals surface area (Å²) in [6.07, 6.45) is 0.160. The van der Waals surface area contributed by atoms with Crippen molar-refractivity contribution in [1.29, 1.82) is 0 Å². The highest BCUT2D eigenvalue weighted by atomic mass is 32.2. The number of carbonyl (C=O) groups excluding carboxylic acids is 1. The van der Waals surface area contributed by atoms with Crippen molar-refractivity contribution in [3.63, 3.8) is 0 Å². The average molecular weight is 380 g/mol. The van der Waals surface area contributed by atoms with Gasteiger partial charge in [0, 0.05) is 38.1 Å². The van der Waals surface area contributed by atoms with Crippen LogP contribution in [0.25, 0.3) is 0 Å². The van der Waals surface area contributed by atoms with Crippen LogP contribution in [0.3, 0.4) is 0 Å². The summed E-state index contributed by atoms with van der Waals surface area (Å²) in [6, 6.07) is 4.52. The maximum Gasteiger partial charge on any atom is 0.246 e. The maximum absolute atomic E-state index is 12.5. The Morgan fingerprint density at radius 1 is 1.31 bits per heavy atom. The minimum absolute atomic E-state index is 0.00320. The number of benzene rings is 1. The molecular formula is C17H24N4O4S. The van der Waals surface area contributed by atoms with Crippen molar-refractivity contribution >= 4 is 21.6 Å². The lowest BCUT2D eigenvalue weighted by Gasteiger charge is -2.16. The predicted molar refractivity (Wildman–Crippen MR) is 98.9 cm³/mol. The molecule has 0 bridgehead atoms. The van der Waals surface area contributed by atoms with Crippen molar-refractivity contribution in [2.24, 2.45) is 7.05 Å². The highest BCUT2D eigenvalue weighted by molar-refractivity contribution is 7.89. The molecule has 0 radical (unpaired) electrons. The lowest BCUT2D eigenvalue weighted by molar-refractivity contribution is -0.115. The van der Waals surface area contributed by atoms with Crippen LogP contribution in [-0.2, 0) is 28.3 Å². The Hall–Kier alpha value is -2.39. The van der Waals surface area contributed by atoms with Gasteiger partial charge in [0.2, 0.25) is 15.9 Å². The van der Waals surface area contributed by atoms with Gasteiger partial charge in [-0.2, -0.15) is 5.10 Å². The molecule has 0 fully saturated rings. The summed E-state index contributed by atoms with van der Waals surface area (Å²) in [5.41, 5.74) is 2.96. The maximum atomic E-state index is 12.5. The van der Waals surface area contributed by atoms with Crippen LogP contribution in [0, 0.1) is 13.8 Å². The number of amides is 1. The minimum atomic E-state index is -3.70. The number of methoxy groups -OCH3 is 1. The van der Waals surface area contributed by atoms with E-state index in [0.717, 1.165) is 21.3 Å². The largest absolute Gasteiger partial charge is 0.495 e. The Balaban J connectivity index is 2.28. The van der Waals surface area contributed by atoms with E-state index in [9.17, 15) is 13.2 Å². The monoisotopic (exact) mass is 380 g/mol. The molecule has 2 rings (SSSR count). The first-order valence-corrected chi connectivity index (χ1v) is 9.41. The van der Waals surface area contributed by atoms with Gasteiger partial charge in [0.25, 0.3) is 0 Å². The fourth-order valence-electron chi connectivity index (χ4n) is 2.59. The van der Waals surface area contributed by atoms with Gasteiger partial charge in [-0.15, -0.1) is 0 Å². The summed E-state index contributed by atoms with van der Waals surface area (Å²) in [7, 11) is 2.40. The molecule has 26 heavy (non-hydrogen) atoms. The minimum Gasteiger partial charge on any atom is -0.495 e. The van der Waals surface area contributed by atoms with Crippen LogP contribution in [0.2, 0.25) is 0 Å². The number of ether oxygens (including phenoxy) is 1. The number of hydrogen-bond donors (Lipinski definition) is 1. The second-order valence-corrected chi connectivity index (χ2v) is 8.27. The fourth-order valence-corrected chi connectivity index (χ4v) is 3.67. The Kier molecular flexibility index (Phi) is 5.72. The fraction of sp³-hybridized carbons (Fsp3) is 0.412. The first-order chi connectivity index (χ1) is 12.1. The Morgan fingerprint density at radius 3 is 2.46 bits per heavy atom. The molecular weight excluding hydrogens is 356 g/mol. The first-order valence-electron chi connectivity index (χ1n) is 7.97. The highest BCUT2D eigenvalue weighted by Gasteiger charge is 2.23. The van der Waals surface area contributed by atoms with Crippen LogP contribution in [0.1, 0.15) is 17.0 Å². The number of nitrogens with one attached hydrogen (secondary N) is 1. The molecule has 0 saturated heterocycles. The van der Waals surface area contributed by atoms with Crippen molar-refractivity contribution in [2.75, 3.05) is 26.5 Å². The molecule has 0 aliphatic rings. The Morgan fingerprint density at radius 2 is 1.96 bits per heavy atom. The SMILES string of the molecule is COc1ccc(NC(=O)Cc2c(C)nn(C)c2C)cc1S(=O)(=O)N(C)C. The molecule has 1 aromatic heterocycles. The summed E-state index contributed by atoms with van der Waals surface area (Å²) in [5.74, 6) is -0.0294. The molecule has 1 amide bonds. The molecule has 0 saturated carbocycles. The van der Waals surface area contributed by atoms with E-state index in [1.54, 1.807) is 10.7 Å². The van der Waals surface area contributed by atoms with E-state index in [4.69, 9.17) is 4.74 Å². The van der Waals surface area contributed by atoms with Crippen LogP contribution in [-0.4, -0.2) is 49.6 Å². The summed E-state index contributed by atoms with van der Waals surface area (Å²) >= 11 is 0. The zero-order chi connectivity index (χ0) is 19.6. The van der Waals surface area contributed by atoms with Gasteiger partial charge in [0.1, 0.15) is 10.6 Å². The Bertz CT molecular complexity index is 932. The number of nitrogens with zero attached hydrogens (tertiary/aromatic N) is 3. The number of anilines is 1. The number of carbonyl (C=O) groups is 1. The van der Waals surface area contributed by atoms with Gasteiger partial charge in [-0.25, -0.2) is 12.7 Å². The first kappa shape index (κ1) is 19.9. The van der Waals surface area contributed by atoms with Gasteiger partial charge >= 0.3 is 0 Å². The van der Waals surface area contributed by atoms with E-state index >= 15 is 0 Å².